The van der Waals surface area contributed by atoms with Gasteiger partial charge in [0.2, 0.25) is 0 Å². The van der Waals surface area contributed by atoms with Crippen LogP contribution in [-0.2, 0) is 0 Å². The van der Waals surface area contributed by atoms with Gasteiger partial charge in [-0.25, -0.2) is 0 Å². The number of hydrogen-bond donors (Lipinski definition) is 1. The highest BCUT2D eigenvalue weighted by Crippen LogP contribution is 2.41. The minimum absolute atomic E-state index is 0.552. The zero-order valence-corrected chi connectivity index (χ0v) is 14.4. The van der Waals surface area contributed by atoms with E-state index in [9.17, 15) is 0 Å². The van der Waals surface area contributed by atoms with Crippen molar-refractivity contribution in [3.8, 4) is 0 Å². The minimum Gasteiger partial charge on any atom is -0.310 e. The van der Waals surface area contributed by atoms with Crippen molar-refractivity contribution >= 4 is 0 Å². The van der Waals surface area contributed by atoms with Gasteiger partial charge in [-0.05, 0) is 61.8 Å². The van der Waals surface area contributed by atoms with Crippen LogP contribution in [0.1, 0.15) is 75.1 Å². The molecule has 1 fully saturated rings. The second kappa shape index (κ2) is 7.98. The Hall–Kier alpha value is -0.820. The van der Waals surface area contributed by atoms with Crippen molar-refractivity contribution in [2.75, 3.05) is 6.54 Å². The molecule has 0 bridgehead atoms. The van der Waals surface area contributed by atoms with Crippen molar-refractivity contribution in [2.45, 2.75) is 72.3 Å². The maximum Gasteiger partial charge on any atom is 0.0356 e. The van der Waals surface area contributed by atoms with Gasteiger partial charge in [-0.1, -0.05) is 57.7 Å². The Kier molecular flexibility index (Phi) is 6.29. The molecule has 118 valence electrons. The van der Waals surface area contributed by atoms with E-state index in [1.54, 1.807) is 5.56 Å². The summed E-state index contributed by atoms with van der Waals surface area (Å²) in [6.45, 7) is 10.3. The lowest BCUT2D eigenvalue weighted by Gasteiger charge is -2.39. The van der Waals surface area contributed by atoms with Gasteiger partial charge in [-0.2, -0.15) is 0 Å². The Morgan fingerprint density at radius 2 is 1.76 bits per heavy atom. The normalized spacial score (nSPS) is 24.0. The number of benzene rings is 1. The molecule has 1 heteroatoms. The summed E-state index contributed by atoms with van der Waals surface area (Å²) in [4.78, 5) is 0. The summed E-state index contributed by atoms with van der Waals surface area (Å²) in [5, 5.41) is 3.90. The summed E-state index contributed by atoms with van der Waals surface area (Å²) in [6, 6.07) is 7.32. The number of aryl methyl sites for hydroxylation is 2. The molecule has 1 aromatic carbocycles. The molecular formula is C20H33N. The molecular weight excluding hydrogens is 254 g/mol. The molecule has 0 aromatic heterocycles. The molecule has 0 aliphatic heterocycles. The van der Waals surface area contributed by atoms with Crippen LogP contribution in [0.3, 0.4) is 0 Å². The molecule has 0 saturated heterocycles. The first-order chi connectivity index (χ1) is 10.2. The molecule has 1 aliphatic carbocycles. The SMILES string of the molecule is CCCNC(c1c(C)cccc1C)C1CCCCC1CC. The van der Waals surface area contributed by atoms with Gasteiger partial charge in [0, 0.05) is 6.04 Å². The Balaban J connectivity index is 2.32. The fourth-order valence-electron chi connectivity index (χ4n) is 4.27. The largest absolute Gasteiger partial charge is 0.310 e. The molecule has 21 heavy (non-hydrogen) atoms. The molecule has 3 unspecified atom stereocenters. The highest BCUT2D eigenvalue weighted by atomic mass is 14.9. The number of hydrogen-bond acceptors (Lipinski definition) is 1. The first-order valence-electron chi connectivity index (χ1n) is 8.98. The standard InChI is InChI=1S/C20H33N/c1-5-14-21-20(18-13-8-7-12-17(18)6-2)19-15(3)10-9-11-16(19)4/h9-11,17-18,20-21H,5-8,12-14H2,1-4H3. The summed E-state index contributed by atoms with van der Waals surface area (Å²) in [7, 11) is 0. The summed E-state index contributed by atoms with van der Waals surface area (Å²) in [5.41, 5.74) is 4.50. The van der Waals surface area contributed by atoms with Crippen LogP contribution in [0.4, 0.5) is 0 Å². The van der Waals surface area contributed by atoms with Crippen LogP contribution in [0.25, 0.3) is 0 Å². The van der Waals surface area contributed by atoms with E-state index in [0.29, 0.717) is 6.04 Å². The molecule has 1 N–H and O–H groups in total. The predicted octanol–water partition coefficient (Wildman–Crippen LogP) is 5.56. The van der Waals surface area contributed by atoms with Crippen molar-refractivity contribution < 1.29 is 0 Å². The summed E-state index contributed by atoms with van der Waals surface area (Å²) in [6.07, 6.45) is 8.22. The molecule has 1 saturated carbocycles. The van der Waals surface area contributed by atoms with Crippen molar-refractivity contribution in [3.63, 3.8) is 0 Å². The van der Waals surface area contributed by atoms with E-state index in [-0.39, 0.29) is 0 Å². The average Bonchev–Trinajstić information content (AvgIpc) is 2.50. The summed E-state index contributed by atoms with van der Waals surface area (Å²) in [5.74, 6) is 1.71. The second-order valence-corrected chi connectivity index (χ2v) is 6.85. The van der Waals surface area contributed by atoms with Crippen LogP contribution in [0.2, 0.25) is 0 Å². The molecule has 0 amide bonds. The lowest BCUT2D eigenvalue weighted by molar-refractivity contribution is 0.175. The van der Waals surface area contributed by atoms with E-state index in [2.05, 4.69) is 51.2 Å². The first kappa shape index (κ1) is 16.5. The van der Waals surface area contributed by atoms with Crippen LogP contribution in [0.5, 0.6) is 0 Å². The highest BCUT2D eigenvalue weighted by molar-refractivity contribution is 5.36. The van der Waals surface area contributed by atoms with E-state index < -0.39 is 0 Å². The quantitative estimate of drug-likeness (QED) is 0.722. The number of rotatable bonds is 6. The van der Waals surface area contributed by atoms with Crippen LogP contribution in [-0.4, -0.2) is 6.54 Å². The fourth-order valence-corrected chi connectivity index (χ4v) is 4.27. The van der Waals surface area contributed by atoms with Gasteiger partial charge in [-0.15, -0.1) is 0 Å². The van der Waals surface area contributed by atoms with Gasteiger partial charge in [-0.3, -0.25) is 0 Å². The van der Waals surface area contributed by atoms with Gasteiger partial charge < -0.3 is 5.32 Å². The van der Waals surface area contributed by atoms with Gasteiger partial charge in [0.05, 0.1) is 0 Å². The predicted molar refractivity (Wildman–Crippen MR) is 92.7 cm³/mol. The molecule has 3 atom stereocenters. The van der Waals surface area contributed by atoms with Crippen molar-refractivity contribution in [2.24, 2.45) is 11.8 Å². The monoisotopic (exact) mass is 287 g/mol. The molecule has 1 aromatic rings. The first-order valence-corrected chi connectivity index (χ1v) is 8.98. The average molecular weight is 287 g/mol. The van der Waals surface area contributed by atoms with Gasteiger partial charge in [0.15, 0.2) is 0 Å². The highest BCUT2D eigenvalue weighted by Gasteiger charge is 2.32. The molecule has 2 rings (SSSR count). The van der Waals surface area contributed by atoms with Crippen molar-refractivity contribution in [1.29, 1.82) is 0 Å². The Labute approximate surface area is 131 Å². The van der Waals surface area contributed by atoms with E-state index >= 15 is 0 Å². The van der Waals surface area contributed by atoms with Crippen molar-refractivity contribution in [3.05, 3.63) is 34.9 Å². The van der Waals surface area contributed by atoms with Crippen molar-refractivity contribution in [1.82, 2.24) is 5.32 Å². The molecule has 0 heterocycles. The number of nitrogens with one attached hydrogen (secondary N) is 1. The third kappa shape index (κ3) is 3.88. The van der Waals surface area contributed by atoms with Crippen LogP contribution in [0.15, 0.2) is 18.2 Å². The van der Waals surface area contributed by atoms with E-state index in [0.717, 1.165) is 18.4 Å². The lowest BCUT2D eigenvalue weighted by atomic mass is 9.71. The van der Waals surface area contributed by atoms with Gasteiger partial charge in [0.1, 0.15) is 0 Å². The summed E-state index contributed by atoms with van der Waals surface area (Å²) >= 11 is 0. The van der Waals surface area contributed by atoms with E-state index in [1.165, 1.54) is 49.7 Å². The topological polar surface area (TPSA) is 12.0 Å². The smallest absolute Gasteiger partial charge is 0.0356 e. The van der Waals surface area contributed by atoms with Gasteiger partial charge >= 0.3 is 0 Å². The zero-order valence-electron chi connectivity index (χ0n) is 14.4. The van der Waals surface area contributed by atoms with E-state index in [4.69, 9.17) is 0 Å². The van der Waals surface area contributed by atoms with Crippen LogP contribution < -0.4 is 5.32 Å². The third-order valence-corrected chi connectivity index (χ3v) is 5.39. The summed E-state index contributed by atoms with van der Waals surface area (Å²) < 4.78 is 0. The second-order valence-electron chi connectivity index (χ2n) is 6.85. The minimum atomic E-state index is 0.552. The molecule has 0 radical (unpaired) electrons. The Morgan fingerprint density at radius 1 is 1.10 bits per heavy atom. The Morgan fingerprint density at radius 3 is 2.38 bits per heavy atom. The van der Waals surface area contributed by atoms with Gasteiger partial charge in [0.25, 0.3) is 0 Å². The maximum atomic E-state index is 3.90. The van der Waals surface area contributed by atoms with E-state index in [1.807, 2.05) is 0 Å². The van der Waals surface area contributed by atoms with Crippen LogP contribution >= 0.6 is 0 Å². The van der Waals surface area contributed by atoms with Crippen LogP contribution in [0, 0.1) is 25.7 Å². The molecule has 1 nitrogen and oxygen atoms in total. The molecule has 1 aliphatic rings. The maximum absolute atomic E-state index is 3.90. The third-order valence-electron chi connectivity index (χ3n) is 5.39. The zero-order chi connectivity index (χ0) is 15.2. The Bertz CT molecular complexity index is 417. The fraction of sp³-hybridized carbons (Fsp3) is 0.700. The molecule has 0 spiro atoms. The lowest BCUT2D eigenvalue weighted by Crippen LogP contribution is -2.35.